The molecular formula is C13H20N2O3S. The Kier molecular flexibility index (Phi) is 5.35. The van der Waals surface area contributed by atoms with Crippen molar-refractivity contribution in [3.63, 3.8) is 0 Å². The summed E-state index contributed by atoms with van der Waals surface area (Å²) in [5.41, 5.74) is 7.21. The van der Waals surface area contributed by atoms with E-state index in [2.05, 4.69) is 0 Å². The monoisotopic (exact) mass is 284 g/mol. The molecule has 0 aromatic heterocycles. The predicted molar refractivity (Wildman–Crippen MR) is 76.3 cm³/mol. The number of nitrogen functional groups attached to an aromatic ring is 1. The number of rotatable bonds is 6. The van der Waals surface area contributed by atoms with Crippen LogP contribution in [0.25, 0.3) is 0 Å². The number of amides is 1. The van der Waals surface area contributed by atoms with Gasteiger partial charge in [-0.15, -0.1) is 0 Å². The first-order chi connectivity index (χ1) is 8.81. The molecule has 0 radical (unpaired) electrons. The van der Waals surface area contributed by atoms with E-state index in [9.17, 15) is 13.2 Å². The van der Waals surface area contributed by atoms with E-state index in [1.165, 1.54) is 0 Å². The Hall–Kier alpha value is -1.56. The lowest BCUT2D eigenvalue weighted by Crippen LogP contribution is -2.35. The molecular weight excluding hydrogens is 264 g/mol. The van der Waals surface area contributed by atoms with Crippen LogP contribution in [0.5, 0.6) is 0 Å². The largest absolute Gasteiger partial charge is 0.399 e. The highest BCUT2D eigenvalue weighted by Gasteiger charge is 2.18. The van der Waals surface area contributed by atoms with Gasteiger partial charge in [0.15, 0.2) is 9.84 Å². The minimum absolute atomic E-state index is 0.369. The van der Waals surface area contributed by atoms with Crippen LogP contribution in [0.15, 0.2) is 24.3 Å². The van der Waals surface area contributed by atoms with Crippen LogP contribution < -0.4 is 5.73 Å². The molecule has 0 unspecified atom stereocenters. The minimum Gasteiger partial charge on any atom is -0.399 e. The van der Waals surface area contributed by atoms with Crippen LogP contribution in [0.3, 0.4) is 0 Å². The third kappa shape index (κ3) is 5.74. The summed E-state index contributed by atoms with van der Waals surface area (Å²) < 4.78 is 22.4. The number of sulfone groups is 1. The summed E-state index contributed by atoms with van der Waals surface area (Å²) in [4.78, 5) is 13.5. The Bertz CT molecular complexity index is 541. The molecule has 0 atom stereocenters. The van der Waals surface area contributed by atoms with Gasteiger partial charge in [-0.05, 0) is 24.1 Å². The van der Waals surface area contributed by atoms with Crippen LogP contribution >= 0.6 is 0 Å². The number of anilines is 1. The first-order valence-electron chi connectivity index (χ1n) is 6.11. The molecule has 0 aliphatic rings. The average molecular weight is 284 g/mol. The van der Waals surface area contributed by atoms with Gasteiger partial charge >= 0.3 is 0 Å². The molecule has 0 fully saturated rings. The minimum atomic E-state index is -3.30. The Balaban J connectivity index is 2.80. The number of benzene rings is 1. The quantitative estimate of drug-likeness (QED) is 0.792. The van der Waals surface area contributed by atoms with E-state index >= 15 is 0 Å². The van der Waals surface area contributed by atoms with E-state index in [0.717, 1.165) is 18.2 Å². The molecule has 0 aliphatic heterocycles. The second-order valence-corrected chi connectivity index (χ2v) is 6.77. The lowest BCUT2D eigenvalue weighted by Gasteiger charge is -2.22. The summed E-state index contributed by atoms with van der Waals surface area (Å²) in [5, 5.41) is 0. The summed E-state index contributed by atoms with van der Waals surface area (Å²) in [6.07, 6.45) is 1.84. The fraction of sp³-hybridized carbons (Fsp3) is 0.462. The fourth-order valence-corrected chi connectivity index (χ4v) is 2.42. The normalized spacial score (nSPS) is 11.3. The molecule has 5 nitrogen and oxygen atoms in total. The summed E-state index contributed by atoms with van der Waals surface area (Å²) in [7, 11) is -3.30. The van der Waals surface area contributed by atoms with Crippen LogP contribution in [0.1, 0.15) is 18.9 Å². The van der Waals surface area contributed by atoms with Crippen LogP contribution in [0, 0.1) is 0 Å². The zero-order chi connectivity index (χ0) is 14.5. The van der Waals surface area contributed by atoms with Gasteiger partial charge in [0, 0.05) is 25.0 Å². The molecule has 1 aromatic carbocycles. The predicted octanol–water partition coefficient (Wildman–Crippen LogP) is 1.05. The smallest absolute Gasteiger partial charge is 0.238 e. The molecule has 0 saturated heterocycles. The van der Waals surface area contributed by atoms with Gasteiger partial charge < -0.3 is 10.6 Å². The van der Waals surface area contributed by atoms with E-state index in [1.807, 2.05) is 19.1 Å². The molecule has 0 bridgehead atoms. The number of nitrogens with two attached hydrogens (primary N) is 1. The van der Waals surface area contributed by atoms with Gasteiger partial charge in [-0.25, -0.2) is 8.42 Å². The van der Waals surface area contributed by atoms with Gasteiger partial charge in [-0.1, -0.05) is 19.1 Å². The van der Waals surface area contributed by atoms with Crippen LogP contribution in [-0.4, -0.2) is 37.8 Å². The van der Waals surface area contributed by atoms with Gasteiger partial charge in [0.1, 0.15) is 5.75 Å². The van der Waals surface area contributed by atoms with Crippen molar-refractivity contribution in [3.8, 4) is 0 Å². The molecule has 0 heterocycles. The highest BCUT2D eigenvalue weighted by Crippen LogP contribution is 2.10. The molecule has 1 amide bonds. The topological polar surface area (TPSA) is 80.5 Å². The van der Waals surface area contributed by atoms with Crippen molar-refractivity contribution in [3.05, 3.63) is 29.8 Å². The lowest BCUT2D eigenvalue weighted by molar-refractivity contribution is -0.129. The van der Waals surface area contributed by atoms with Crippen molar-refractivity contribution >= 4 is 21.4 Å². The van der Waals surface area contributed by atoms with Crippen molar-refractivity contribution in [2.45, 2.75) is 19.9 Å². The van der Waals surface area contributed by atoms with Crippen molar-refractivity contribution in [1.29, 1.82) is 0 Å². The van der Waals surface area contributed by atoms with Gasteiger partial charge in [0.05, 0.1) is 0 Å². The fourth-order valence-electron chi connectivity index (χ4n) is 1.79. The van der Waals surface area contributed by atoms with Gasteiger partial charge in [0.2, 0.25) is 5.91 Å². The number of hydrogen-bond donors (Lipinski definition) is 1. The molecule has 0 saturated carbocycles. The van der Waals surface area contributed by atoms with E-state index < -0.39 is 15.6 Å². The van der Waals surface area contributed by atoms with Crippen LogP contribution in [-0.2, 0) is 21.2 Å². The highest BCUT2D eigenvalue weighted by molar-refractivity contribution is 7.91. The van der Waals surface area contributed by atoms with E-state index in [0.29, 0.717) is 18.8 Å². The third-order valence-electron chi connectivity index (χ3n) is 2.56. The second kappa shape index (κ2) is 6.56. The van der Waals surface area contributed by atoms with Crippen molar-refractivity contribution in [2.75, 3.05) is 24.3 Å². The second-order valence-electron chi connectivity index (χ2n) is 4.63. The Morgan fingerprint density at radius 2 is 2.05 bits per heavy atom. The van der Waals surface area contributed by atoms with Crippen molar-refractivity contribution < 1.29 is 13.2 Å². The molecule has 1 aromatic rings. The maximum Gasteiger partial charge on any atom is 0.238 e. The highest BCUT2D eigenvalue weighted by atomic mass is 32.2. The average Bonchev–Trinajstić information content (AvgIpc) is 2.26. The van der Waals surface area contributed by atoms with Gasteiger partial charge in [-0.3, -0.25) is 4.79 Å². The zero-order valence-corrected chi connectivity index (χ0v) is 12.1. The van der Waals surface area contributed by atoms with Gasteiger partial charge in [0.25, 0.3) is 0 Å². The Labute approximate surface area is 114 Å². The molecule has 0 aliphatic carbocycles. The zero-order valence-electron chi connectivity index (χ0n) is 11.3. The maximum absolute atomic E-state index is 12.0. The number of carbonyl (C=O) groups is 1. The van der Waals surface area contributed by atoms with Crippen LogP contribution in [0.4, 0.5) is 5.69 Å². The maximum atomic E-state index is 12.0. The summed E-state index contributed by atoms with van der Waals surface area (Å²) in [6, 6.07) is 7.24. The first-order valence-corrected chi connectivity index (χ1v) is 8.18. The third-order valence-corrected chi connectivity index (χ3v) is 3.33. The summed E-state index contributed by atoms with van der Waals surface area (Å²) >= 11 is 0. The van der Waals surface area contributed by atoms with Crippen LogP contribution in [0.2, 0.25) is 0 Å². The Morgan fingerprint density at radius 1 is 1.37 bits per heavy atom. The van der Waals surface area contributed by atoms with Crippen molar-refractivity contribution in [1.82, 2.24) is 4.90 Å². The van der Waals surface area contributed by atoms with E-state index in [1.54, 1.807) is 17.0 Å². The van der Waals surface area contributed by atoms with Crippen molar-refractivity contribution in [2.24, 2.45) is 0 Å². The molecule has 6 heteroatoms. The molecule has 1 rings (SSSR count). The SMILES string of the molecule is CCCN(Cc1cccc(N)c1)C(=O)CS(C)(=O)=O. The number of carbonyl (C=O) groups excluding carboxylic acids is 1. The number of nitrogens with zero attached hydrogens (tertiary/aromatic N) is 1. The molecule has 2 N–H and O–H groups in total. The Morgan fingerprint density at radius 3 is 2.58 bits per heavy atom. The summed E-state index contributed by atoms with van der Waals surface area (Å²) in [5.74, 6) is -0.818. The number of hydrogen-bond acceptors (Lipinski definition) is 4. The van der Waals surface area contributed by atoms with E-state index in [-0.39, 0.29) is 5.91 Å². The molecule has 0 spiro atoms. The standard InChI is InChI=1S/C13H20N2O3S/c1-3-7-15(13(16)10-19(2,17)18)9-11-5-4-6-12(14)8-11/h4-6,8H,3,7,9-10,14H2,1-2H3. The first kappa shape index (κ1) is 15.5. The lowest BCUT2D eigenvalue weighted by atomic mass is 10.2. The molecule has 106 valence electrons. The van der Waals surface area contributed by atoms with E-state index in [4.69, 9.17) is 5.73 Å². The summed E-state index contributed by atoms with van der Waals surface area (Å²) in [6.45, 7) is 2.86. The van der Waals surface area contributed by atoms with Gasteiger partial charge in [-0.2, -0.15) is 0 Å². The molecule has 19 heavy (non-hydrogen) atoms.